The van der Waals surface area contributed by atoms with Crippen molar-refractivity contribution < 1.29 is 14.3 Å². The maximum atomic E-state index is 13.0. The average Bonchev–Trinajstić information content (AvgIpc) is 2.73. The first kappa shape index (κ1) is 19.9. The van der Waals surface area contributed by atoms with Crippen molar-refractivity contribution in [3.8, 4) is 5.75 Å². The predicted octanol–water partition coefficient (Wildman–Crippen LogP) is 1.92. The number of amides is 2. The molecule has 0 saturated carbocycles. The number of rotatable bonds is 7. The van der Waals surface area contributed by atoms with Crippen molar-refractivity contribution >= 4 is 11.8 Å². The number of carbonyl (C=O) groups is 2. The fourth-order valence-corrected chi connectivity index (χ4v) is 2.90. The van der Waals surface area contributed by atoms with Crippen molar-refractivity contribution in [2.75, 3.05) is 0 Å². The smallest absolute Gasteiger partial charge is 0.272 e. The molecule has 0 unspecified atom stereocenters. The van der Waals surface area contributed by atoms with Gasteiger partial charge in [0.05, 0.1) is 0 Å². The number of nitrogens with two attached hydrogens (primary N) is 1. The van der Waals surface area contributed by atoms with Gasteiger partial charge in [0.1, 0.15) is 12.6 Å². The zero-order valence-corrected chi connectivity index (χ0v) is 15.9. The van der Waals surface area contributed by atoms with Crippen LogP contribution in [-0.2, 0) is 18.4 Å². The summed E-state index contributed by atoms with van der Waals surface area (Å²) in [4.78, 5) is 37.3. The van der Waals surface area contributed by atoms with E-state index < -0.39 is 23.3 Å². The van der Waals surface area contributed by atoms with Crippen molar-refractivity contribution in [1.82, 2.24) is 9.88 Å². The number of hydrogen-bond donors (Lipinski definition) is 2. The van der Waals surface area contributed by atoms with Crippen LogP contribution in [0.1, 0.15) is 27.7 Å². The summed E-state index contributed by atoms with van der Waals surface area (Å²) >= 11 is 0. The molecule has 0 bridgehead atoms. The van der Waals surface area contributed by atoms with Crippen molar-refractivity contribution in [3.63, 3.8) is 0 Å². The molecule has 7 heteroatoms. The molecule has 0 spiro atoms. The number of benzene rings is 2. The molecular weight excluding hydrogens is 370 g/mol. The van der Waals surface area contributed by atoms with Crippen LogP contribution in [0.25, 0.3) is 0 Å². The van der Waals surface area contributed by atoms with Crippen LogP contribution in [-0.4, -0.2) is 16.4 Å². The lowest BCUT2D eigenvalue weighted by molar-refractivity contribution is -0.120. The molecule has 7 nitrogen and oxygen atoms in total. The number of pyridine rings is 1. The van der Waals surface area contributed by atoms with Gasteiger partial charge in [0, 0.05) is 19.3 Å². The van der Waals surface area contributed by atoms with E-state index in [4.69, 9.17) is 10.5 Å². The molecule has 1 atom stereocenters. The molecule has 0 fully saturated rings. The summed E-state index contributed by atoms with van der Waals surface area (Å²) in [6.07, 6.45) is 1.47. The molecule has 1 heterocycles. The minimum Gasteiger partial charge on any atom is -0.483 e. The number of hydrogen-bond acceptors (Lipinski definition) is 4. The Balaban J connectivity index is 1.90. The van der Waals surface area contributed by atoms with Gasteiger partial charge in [-0.15, -0.1) is 0 Å². The molecule has 2 aromatic carbocycles. The van der Waals surface area contributed by atoms with Gasteiger partial charge in [-0.2, -0.15) is 0 Å². The molecule has 2 amide bonds. The van der Waals surface area contributed by atoms with E-state index in [-0.39, 0.29) is 18.1 Å². The van der Waals surface area contributed by atoms with Gasteiger partial charge in [0.15, 0.2) is 11.4 Å². The fraction of sp³-hybridized carbons (Fsp3) is 0.136. The van der Waals surface area contributed by atoms with Crippen LogP contribution in [0, 0.1) is 0 Å². The first-order valence-electron chi connectivity index (χ1n) is 8.99. The Bertz CT molecular complexity index is 1060. The first-order chi connectivity index (χ1) is 14.0. The Morgan fingerprint density at radius 3 is 2.28 bits per heavy atom. The number of primary amides is 1. The fourth-order valence-electron chi connectivity index (χ4n) is 2.90. The van der Waals surface area contributed by atoms with Crippen LogP contribution in [0.15, 0.2) is 77.7 Å². The summed E-state index contributed by atoms with van der Waals surface area (Å²) in [6, 6.07) is 18.2. The van der Waals surface area contributed by atoms with E-state index in [0.717, 1.165) is 5.56 Å². The van der Waals surface area contributed by atoms with E-state index in [2.05, 4.69) is 5.32 Å². The first-order valence-corrected chi connectivity index (χ1v) is 8.99. The molecular formula is C22H21N3O4. The monoisotopic (exact) mass is 391 g/mol. The van der Waals surface area contributed by atoms with E-state index in [1.54, 1.807) is 37.4 Å². The second-order valence-corrected chi connectivity index (χ2v) is 6.46. The maximum absolute atomic E-state index is 13.0. The molecule has 148 valence electrons. The summed E-state index contributed by atoms with van der Waals surface area (Å²) < 4.78 is 7.17. The zero-order chi connectivity index (χ0) is 20.8. The number of aromatic nitrogens is 1. The third-order valence-electron chi connectivity index (χ3n) is 4.38. The highest BCUT2D eigenvalue weighted by Gasteiger charge is 2.25. The summed E-state index contributed by atoms with van der Waals surface area (Å²) in [5, 5.41) is 2.60. The lowest BCUT2D eigenvalue weighted by Gasteiger charge is -2.19. The second-order valence-electron chi connectivity index (χ2n) is 6.46. The Labute approximate surface area is 167 Å². The second kappa shape index (κ2) is 8.88. The van der Waals surface area contributed by atoms with Crippen LogP contribution in [0.2, 0.25) is 0 Å². The van der Waals surface area contributed by atoms with E-state index in [1.165, 1.54) is 16.8 Å². The van der Waals surface area contributed by atoms with Gasteiger partial charge in [-0.1, -0.05) is 60.7 Å². The van der Waals surface area contributed by atoms with Gasteiger partial charge in [-0.05, 0) is 11.1 Å². The Morgan fingerprint density at radius 2 is 1.66 bits per heavy atom. The largest absolute Gasteiger partial charge is 0.483 e. The van der Waals surface area contributed by atoms with E-state index in [0.29, 0.717) is 5.56 Å². The minimum atomic E-state index is -1.04. The molecule has 0 radical (unpaired) electrons. The quantitative estimate of drug-likeness (QED) is 0.642. The topological polar surface area (TPSA) is 103 Å². The summed E-state index contributed by atoms with van der Waals surface area (Å²) in [7, 11) is 1.62. The number of nitrogens with zero attached hydrogens (tertiary/aromatic N) is 1. The highest BCUT2D eigenvalue weighted by molar-refractivity contribution is 5.98. The molecule has 3 rings (SSSR count). The van der Waals surface area contributed by atoms with Gasteiger partial charge in [0.2, 0.25) is 11.3 Å². The number of nitrogens with one attached hydrogen (secondary N) is 1. The van der Waals surface area contributed by atoms with Crippen LogP contribution in [0.3, 0.4) is 0 Å². The summed E-state index contributed by atoms with van der Waals surface area (Å²) in [5.41, 5.74) is 6.45. The average molecular weight is 391 g/mol. The molecule has 0 saturated heterocycles. The van der Waals surface area contributed by atoms with E-state index >= 15 is 0 Å². The van der Waals surface area contributed by atoms with Crippen LogP contribution in [0.5, 0.6) is 5.75 Å². The van der Waals surface area contributed by atoms with Crippen molar-refractivity contribution in [3.05, 3.63) is 100.0 Å². The molecule has 0 aliphatic heterocycles. The summed E-state index contributed by atoms with van der Waals surface area (Å²) in [5.74, 6) is -1.44. The van der Waals surface area contributed by atoms with Crippen LogP contribution >= 0.6 is 0 Å². The lowest BCUT2D eigenvalue weighted by Crippen LogP contribution is -2.39. The lowest BCUT2D eigenvalue weighted by atomic mass is 10.1. The standard InChI is InChI=1S/C22H21N3O4/c1-25-13-12-17(26)20(29-14-15-8-4-2-5-9-15)19(25)22(28)24-18(21(23)27)16-10-6-3-7-11-16/h2-13,18H,14H2,1H3,(H2,23,27)(H,24,28)/t18-/m0/s1. The minimum absolute atomic E-state index is 0.00983. The normalized spacial score (nSPS) is 11.5. The number of aryl methyl sites for hydroxylation is 1. The highest BCUT2D eigenvalue weighted by atomic mass is 16.5. The van der Waals surface area contributed by atoms with Crippen molar-refractivity contribution in [2.45, 2.75) is 12.6 Å². The molecule has 29 heavy (non-hydrogen) atoms. The highest BCUT2D eigenvalue weighted by Crippen LogP contribution is 2.18. The Kier molecular flexibility index (Phi) is 6.09. The van der Waals surface area contributed by atoms with Gasteiger partial charge < -0.3 is 20.4 Å². The maximum Gasteiger partial charge on any atom is 0.272 e. The molecule has 0 aliphatic rings. The van der Waals surface area contributed by atoms with Crippen LogP contribution < -0.4 is 21.2 Å². The third kappa shape index (κ3) is 4.70. The molecule has 3 N–H and O–H groups in total. The third-order valence-corrected chi connectivity index (χ3v) is 4.38. The van der Waals surface area contributed by atoms with Crippen LogP contribution in [0.4, 0.5) is 0 Å². The Hall–Kier alpha value is -3.87. The van der Waals surface area contributed by atoms with E-state index in [9.17, 15) is 14.4 Å². The SMILES string of the molecule is Cn1ccc(=O)c(OCc2ccccc2)c1C(=O)N[C@H](C(N)=O)c1ccccc1. The van der Waals surface area contributed by atoms with Gasteiger partial charge >= 0.3 is 0 Å². The predicted molar refractivity (Wildman–Crippen MR) is 108 cm³/mol. The van der Waals surface area contributed by atoms with E-state index in [1.807, 2.05) is 30.3 Å². The Morgan fingerprint density at radius 1 is 1.03 bits per heavy atom. The van der Waals surface area contributed by atoms with Gasteiger partial charge in [-0.25, -0.2) is 0 Å². The molecule has 0 aliphatic carbocycles. The van der Waals surface area contributed by atoms with Crippen molar-refractivity contribution in [2.24, 2.45) is 12.8 Å². The van der Waals surface area contributed by atoms with Crippen molar-refractivity contribution in [1.29, 1.82) is 0 Å². The number of ether oxygens (including phenoxy) is 1. The number of carbonyl (C=O) groups excluding carboxylic acids is 2. The van der Waals surface area contributed by atoms with Gasteiger partial charge in [-0.3, -0.25) is 14.4 Å². The summed E-state index contributed by atoms with van der Waals surface area (Å²) in [6.45, 7) is 0.123. The molecule has 1 aromatic heterocycles. The zero-order valence-electron chi connectivity index (χ0n) is 15.9. The molecule has 3 aromatic rings. The van der Waals surface area contributed by atoms with Gasteiger partial charge in [0.25, 0.3) is 5.91 Å².